The van der Waals surface area contributed by atoms with Gasteiger partial charge in [0.05, 0.1) is 11.4 Å². The summed E-state index contributed by atoms with van der Waals surface area (Å²) in [5, 5.41) is 6.09. The van der Waals surface area contributed by atoms with Gasteiger partial charge in [0.25, 0.3) is 0 Å². The molecule has 0 aromatic heterocycles. The lowest BCUT2D eigenvalue weighted by Gasteiger charge is -2.33. The van der Waals surface area contributed by atoms with E-state index in [1.807, 2.05) is 31.2 Å². The molecule has 178 valence electrons. The minimum absolute atomic E-state index is 0.0857. The summed E-state index contributed by atoms with van der Waals surface area (Å²) in [6.07, 6.45) is 1.68. The number of benzene rings is 2. The maximum Gasteiger partial charge on any atom is 0.319 e. The van der Waals surface area contributed by atoms with Gasteiger partial charge in [0, 0.05) is 37.4 Å². The Balaban J connectivity index is 1.49. The number of carbonyl (C=O) groups is 2. The molecule has 1 aliphatic rings. The molecule has 2 aromatic rings. The lowest BCUT2D eigenvalue weighted by Crippen LogP contribution is -2.47. The third-order valence-corrected chi connectivity index (χ3v) is 7.68. The first kappa shape index (κ1) is 25.0. The zero-order valence-corrected chi connectivity index (χ0v) is 20.3. The zero-order valence-electron chi connectivity index (χ0n) is 18.8. The maximum absolute atomic E-state index is 12.8. The second kappa shape index (κ2) is 11.0. The number of likely N-dealkylation sites (N-methyl/N-ethyl adjacent to an activating group) is 1. The SMILES string of the molecule is Cc1ccc(NC(=O)NCC2CCCN(C(=O)CN(C)S(=O)(=O)c3ccc(Cl)cc3)C2)cc1. The van der Waals surface area contributed by atoms with Crippen molar-refractivity contribution < 1.29 is 18.0 Å². The molecular weight excluding hydrogens is 464 g/mol. The van der Waals surface area contributed by atoms with Crippen LogP contribution in [0, 0.1) is 12.8 Å². The van der Waals surface area contributed by atoms with Crippen molar-refractivity contribution in [2.45, 2.75) is 24.7 Å². The number of rotatable bonds is 7. The molecule has 1 atom stereocenters. The topological polar surface area (TPSA) is 98.8 Å². The summed E-state index contributed by atoms with van der Waals surface area (Å²) in [6.45, 7) is 3.20. The molecule has 8 nitrogen and oxygen atoms in total. The predicted molar refractivity (Wildman–Crippen MR) is 129 cm³/mol. The van der Waals surface area contributed by atoms with Crippen LogP contribution in [-0.4, -0.2) is 62.8 Å². The Hall–Kier alpha value is -2.62. The first-order valence-corrected chi connectivity index (χ1v) is 12.6. The molecule has 1 heterocycles. The molecule has 1 unspecified atom stereocenters. The Morgan fingerprint density at radius 3 is 2.45 bits per heavy atom. The van der Waals surface area contributed by atoms with E-state index in [4.69, 9.17) is 11.6 Å². The second-order valence-corrected chi connectivity index (χ2v) is 10.7. The molecule has 33 heavy (non-hydrogen) atoms. The number of nitrogens with one attached hydrogen (secondary N) is 2. The molecule has 0 radical (unpaired) electrons. The molecule has 0 aliphatic carbocycles. The van der Waals surface area contributed by atoms with Gasteiger partial charge in [0.2, 0.25) is 15.9 Å². The molecule has 0 spiro atoms. The second-order valence-electron chi connectivity index (χ2n) is 8.26. The Bertz CT molecular complexity index is 1070. The number of nitrogens with zero attached hydrogens (tertiary/aromatic N) is 2. The van der Waals surface area contributed by atoms with E-state index >= 15 is 0 Å². The van der Waals surface area contributed by atoms with Crippen LogP contribution in [0.3, 0.4) is 0 Å². The first-order chi connectivity index (χ1) is 15.6. The summed E-state index contributed by atoms with van der Waals surface area (Å²) >= 11 is 5.83. The highest BCUT2D eigenvalue weighted by Crippen LogP contribution is 2.19. The van der Waals surface area contributed by atoms with Gasteiger partial charge in [0.1, 0.15) is 0 Å². The van der Waals surface area contributed by atoms with Crippen molar-refractivity contribution in [1.29, 1.82) is 0 Å². The van der Waals surface area contributed by atoms with Crippen molar-refractivity contribution in [1.82, 2.24) is 14.5 Å². The molecule has 3 amide bonds. The largest absolute Gasteiger partial charge is 0.341 e. The summed E-state index contributed by atoms with van der Waals surface area (Å²) in [5.41, 5.74) is 1.82. The highest BCUT2D eigenvalue weighted by atomic mass is 35.5. The van der Waals surface area contributed by atoms with E-state index in [2.05, 4.69) is 10.6 Å². The lowest BCUT2D eigenvalue weighted by molar-refractivity contribution is -0.132. The van der Waals surface area contributed by atoms with Crippen molar-refractivity contribution >= 4 is 39.2 Å². The lowest BCUT2D eigenvalue weighted by atomic mass is 9.98. The van der Waals surface area contributed by atoms with Gasteiger partial charge in [0.15, 0.2) is 0 Å². The van der Waals surface area contributed by atoms with Crippen molar-refractivity contribution in [3.05, 3.63) is 59.1 Å². The van der Waals surface area contributed by atoms with Gasteiger partial charge < -0.3 is 15.5 Å². The van der Waals surface area contributed by atoms with Crippen LogP contribution in [0.2, 0.25) is 5.02 Å². The predicted octanol–water partition coefficient (Wildman–Crippen LogP) is 3.33. The molecule has 3 rings (SSSR count). The van der Waals surface area contributed by atoms with Crippen LogP contribution in [0.1, 0.15) is 18.4 Å². The molecule has 0 bridgehead atoms. The van der Waals surface area contributed by atoms with Crippen LogP contribution < -0.4 is 10.6 Å². The number of amides is 3. The van der Waals surface area contributed by atoms with E-state index in [-0.39, 0.29) is 29.3 Å². The molecule has 1 aliphatic heterocycles. The first-order valence-electron chi connectivity index (χ1n) is 10.8. The number of piperidine rings is 1. The van der Waals surface area contributed by atoms with Gasteiger partial charge in [-0.15, -0.1) is 0 Å². The van der Waals surface area contributed by atoms with Gasteiger partial charge in [-0.25, -0.2) is 13.2 Å². The molecule has 1 fully saturated rings. The molecule has 2 N–H and O–H groups in total. The van der Waals surface area contributed by atoms with Crippen molar-refractivity contribution in [3.8, 4) is 0 Å². The number of carbonyl (C=O) groups excluding carboxylic acids is 2. The summed E-state index contributed by atoms with van der Waals surface area (Å²) in [4.78, 5) is 26.7. The monoisotopic (exact) mass is 492 g/mol. The minimum atomic E-state index is -3.80. The number of hydrogen-bond donors (Lipinski definition) is 2. The van der Waals surface area contributed by atoms with E-state index in [1.165, 1.54) is 31.3 Å². The van der Waals surface area contributed by atoms with Crippen molar-refractivity contribution in [2.24, 2.45) is 5.92 Å². The number of urea groups is 1. The van der Waals surface area contributed by atoms with Gasteiger partial charge in [-0.3, -0.25) is 4.79 Å². The Labute approximate surface area is 200 Å². The van der Waals surface area contributed by atoms with Gasteiger partial charge in [-0.05, 0) is 62.1 Å². The number of hydrogen-bond acceptors (Lipinski definition) is 4. The Morgan fingerprint density at radius 1 is 1.12 bits per heavy atom. The van der Waals surface area contributed by atoms with E-state index in [0.29, 0.717) is 30.3 Å². The van der Waals surface area contributed by atoms with Crippen LogP contribution in [0.25, 0.3) is 0 Å². The van der Waals surface area contributed by atoms with Crippen molar-refractivity contribution in [3.63, 3.8) is 0 Å². The third-order valence-electron chi connectivity index (χ3n) is 5.61. The van der Waals surface area contributed by atoms with E-state index in [0.717, 1.165) is 22.7 Å². The molecule has 0 saturated carbocycles. The molecule has 1 saturated heterocycles. The smallest absolute Gasteiger partial charge is 0.319 e. The molecule has 10 heteroatoms. The fourth-order valence-corrected chi connectivity index (χ4v) is 4.92. The molecular formula is C23H29ClN4O4S. The Kier molecular flexibility index (Phi) is 8.34. The highest BCUT2D eigenvalue weighted by Gasteiger charge is 2.28. The minimum Gasteiger partial charge on any atom is -0.341 e. The Morgan fingerprint density at radius 2 is 1.79 bits per heavy atom. The zero-order chi connectivity index (χ0) is 24.0. The van der Waals surface area contributed by atoms with Crippen molar-refractivity contribution in [2.75, 3.05) is 38.5 Å². The van der Waals surface area contributed by atoms with Crippen LogP contribution in [0.15, 0.2) is 53.4 Å². The van der Waals surface area contributed by atoms with E-state index < -0.39 is 10.0 Å². The van der Waals surface area contributed by atoms with Gasteiger partial charge in [-0.1, -0.05) is 29.3 Å². The average molecular weight is 493 g/mol. The molecule has 2 aromatic carbocycles. The van der Waals surface area contributed by atoms with Crippen LogP contribution in [-0.2, 0) is 14.8 Å². The highest BCUT2D eigenvalue weighted by molar-refractivity contribution is 7.89. The third kappa shape index (κ3) is 6.93. The van der Waals surface area contributed by atoms with Gasteiger partial charge >= 0.3 is 6.03 Å². The van der Waals surface area contributed by atoms with Crippen LogP contribution >= 0.6 is 11.6 Å². The summed E-state index contributed by atoms with van der Waals surface area (Å²) < 4.78 is 26.5. The van der Waals surface area contributed by atoms with Gasteiger partial charge in [-0.2, -0.15) is 4.31 Å². The van der Waals surface area contributed by atoms with E-state index in [9.17, 15) is 18.0 Å². The standard InChI is InChI=1S/C23H29ClN4O4S/c1-17-5-9-20(10-6-17)26-23(30)25-14-18-4-3-13-28(15-18)22(29)16-27(2)33(31,32)21-11-7-19(24)8-12-21/h5-12,18H,3-4,13-16H2,1-2H3,(H2,25,26,30). The quantitative estimate of drug-likeness (QED) is 0.619. The van der Waals surface area contributed by atoms with Crippen LogP contribution in [0.5, 0.6) is 0 Å². The maximum atomic E-state index is 12.8. The van der Waals surface area contributed by atoms with Crippen LogP contribution in [0.4, 0.5) is 10.5 Å². The average Bonchev–Trinajstić information content (AvgIpc) is 2.79. The number of aryl methyl sites for hydroxylation is 1. The van der Waals surface area contributed by atoms with E-state index in [1.54, 1.807) is 4.90 Å². The fraction of sp³-hybridized carbons (Fsp3) is 0.391. The number of halogens is 1. The summed E-state index contributed by atoms with van der Waals surface area (Å²) in [7, 11) is -2.41. The number of anilines is 1. The normalized spacial score (nSPS) is 16.5. The summed E-state index contributed by atoms with van der Waals surface area (Å²) in [6, 6.07) is 13.1. The summed E-state index contributed by atoms with van der Waals surface area (Å²) in [5.74, 6) is -0.159. The number of likely N-dealkylation sites (tertiary alicyclic amines) is 1. The number of sulfonamides is 1. The fourth-order valence-electron chi connectivity index (χ4n) is 3.67.